The van der Waals surface area contributed by atoms with Crippen LogP contribution in [0.5, 0.6) is 5.75 Å². The second-order valence-corrected chi connectivity index (χ2v) is 3.19. The fourth-order valence-electron chi connectivity index (χ4n) is 0.671. The fourth-order valence-corrected chi connectivity index (χ4v) is 1.18. The Morgan fingerprint density at radius 1 is 1.55 bits per heavy atom. The maximum atomic E-state index is 10.6. The van der Waals surface area contributed by atoms with E-state index in [1.807, 2.05) is 0 Å². The molecular formula is C7H4BrClO2. The van der Waals surface area contributed by atoms with Gasteiger partial charge in [-0.3, -0.25) is 4.79 Å². The van der Waals surface area contributed by atoms with Crippen LogP contribution < -0.4 is 0 Å². The Bertz CT molecular complexity index is 298. The molecule has 1 aromatic carbocycles. The van der Waals surface area contributed by atoms with Crippen LogP contribution in [0, 0.1) is 0 Å². The Balaban J connectivity index is 3.20. The van der Waals surface area contributed by atoms with Gasteiger partial charge in [0.1, 0.15) is 5.75 Å². The average Bonchev–Trinajstić information content (AvgIpc) is 1.85. The van der Waals surface area contributed by atoms with E-state index in [2.05, 4.69) is 15.9 Å². The van der Waals surface area contributed by atoms with E-state index >= 15 is 0 Å². The third-order valence-corrected chi connectivity index (χ3v) is 1.87. The van der Waals surface area contributed by atoms with E-state index in [-0.39, 0.29) is 11.3 Å². The normalized spacial score (nSPS) is 9.64. The van der Waals surface area contributed by atoms with Gasteiger partial charge in [0.2, 0.25) is 0 Å². The lowest BCUT2D eigenvalue weighted by Gasteiger charge is -1.97. The summed E-state index contributed by atoms with van der Waals surface area (Å²) in [5, 5.41) is 8.47. The summed E-state index contributed by atoms with van der Waals surface area (Å²) < 4.78 is 0.705. The summed E-state index contributed by atoms with van der Waals surface area (Å²) in [7, 11) is 0. The molecule has 0 heterocycles. The second kappa shape index (κ2) is 3.24. The number of benzene rings is 1. The number of carbonyl (C=O) groups excluding carboxylic acids is 1. The van der Waals surface area contributed by atoms with E-state index < -0.39 is 5.24 Å². The highest BCUT2D eigenvalue weighted by molar-refractivity contribution is 9.10. The molecule has 0 aromatic heterocycles. The monoisotopic (exact) mass is 234 g/mol. The van der Waals surface area contributed by atoms with Crippen molar-refractivity contribution in [3.8, 4) is 5.75 Å². The van der Waals surface area contributed by atoms with Crippen molar-refractivity contribution in [2.24, 2.45) is 0 Å². The first-order valence-corrected chi connectivity index (χ1v) is 3.96. The molecule has 0 unspecified atom stereocenters. The third-order valence-electron chi connectivity index (χ3n) is 1.17. The first-order chi connectivity index (χ1) is 5.11. The van der Waals surface area contributed by atoms with Crippen molar-refractivity contribution < 1.29 is 9.90 Å². The molecule has 0 bridgehead atoms. The molecule has 11 heavy (non-hydrogen) atoms. The molecule has 4 heteroatoms. The number of hydrogen-bond acceptors (Lipinski definition) is 2. The molecule has 2 nitrogen and oxygen atoms in total. The summed E-state index contributed by atoms with van der Waals surface area (Å²) in [5.41, 5.74) is 0.120. The van der Waals surface area contributed by atoms with Gasteiger partial charge in [-0.15, -0.1) is 0 Å². The zero-order chi connectivity index (χ0) is 8.43. The van der Waals surface area contributed by atoms with Crippen LogP contribution in [0.4, 0.5) is 0 Å². The van der Waals surface area contributed by atoms with E-state index in [4.69, 9.17) is 16.7 Å². The summed E-state index contributed by atoms with van der Waals surface area (Å²) in [4.78, 5) is 10.6. The highest BCUT2D eigenvalue weighted by Crippen LogP contribution is 2.23. The minimum atomic E-state index is -0.657. The minimum absolute atomic E-state index is 0.112. The molecule has 0 amide bonds. The van der Waals surface area contributed by atoms with Crippen molar-refractivity contribution in [3.63, 3.8) is 0 Å². The van der Waals surface area contributed by atoms with Crippen molar-refractivity contribution in [2.45, 2.75) is 0 Å². The van der Waals surface area contributed by atoms with Gasteiger partial charge in [-0.05, 0) is 29.8 Å². The lowest BCUT2D eigenvalue weighted by Crippen LogP contribution is -1.88. The molecule has 0 saturated heterocycles. The number of halogens is 2. The van der Waals surface area contributed by atoms with E-state index in [0.717, 1.165) is 0 Å². The predicted molar refractivity (Wildman–Crippen MR) is 46.0 cm³/mol. The van der Waals surface area contributed by atoms with Gasteiger partial charge in [-0.2, -0.15) is 0 Å². The maximum Gasteiger partial charge on any atom is 0.256 e. The van der Waals surface area contributed by atoms with Crippen molar-refractivity contribution in [1.29, 1.82) is 0 Å². The average molecular weight is 235 g/mol. The van der Waals surface area contributed by atoms with Gasteiger partial charge in [0, 0.05) is 4.47 Å². The lowest BCUT2D eigenvalue weighted by molar-refractivity contribution is 0.107. The van der Waals surface area contributed by atoms with Crippen LogP contribution in [0.2, 0.25) is 0 Å². The molecule has 1 aromatic rings. The number of rotatable bonds is 1. The number of phenols is 1. The SMILES string of the molecule is O=C(Cl)c1ccc(Br)cc1O. The van der Waals surface area contributed by atoms with Crippen LogP contribution in [0.3, 0.4) is 0 Å². The number of carbonyl (C=O) groups is 1. The highest BCUT2D eigenvalue weighted by atomic mass is 79.9. The van der Waals surface area contributed by atoms with Gasteiger partial charge >= 0.3 is 0 Å². The Labute approximate surface area is 76.9 Å². The molecule has 0 aliphatic heterocycles. The zero-order valence-corrected chi connectivity index (χ0v) is 7.69. The summed E-state index contributed by atoms with van der Waals surface area (Å²) in [6.45, 7) is 0. The molecule has 58 valence electrons. The van der Waals surface area contributed by atoms with E-state index in [0.29, 0.717) is 4.47 Å². The van der Waals surface area contributed by atoms with Gasteiger partial charge in [0.05, 0.1) is 5.56 Å². The van der Waals surface area contributed by atoms with E-state index in [9.17, 15) is 4.79 Å². The number of hydrogen-bond donors (Lipinski definition) is 1. The van der Waals surface area contributed by atoms with Crippen LogP contribution in [-0.2, 0) is 0 Å². The molecule has 0 atom stereocenters. The quantitative estimate of drug-likeness (QED) is 0.760. The standard InChI is InChI=1S/C7H4BrClO2/c8-4-1-2-5(7(9)11)6(10)3-4/h1-3,10H. The summed E-state index contributed by atoms with van der Waals surface area (Å²) in [6.07, 6.45) is 0. The molecule has 1 rings (SSSR count). The second-order valence-electron chi connectivity index (χ2n) is 1.94. The third kappa shape index (κ3) is 1.94. The number of phenolic OH excluding ortho intramolecular Hbond substituents is 1. The molecular weight excluding hydrogens is 231 g/mol. The van der Waals surface area contributed by atoms with Crippen LogP contribution >= 0.6 is 27.5 Å². The lowest BCUT2D eigenvalue weighted by atomic mass is 10.2. The van der Waals surface area contributed by atoms with Gasteiger partial charge in [-0.25, -0.2) is 0 Å². The Morgan fingerprint density at radius 3 is 2.64 bits per heavy atom. The van der Waals surface area contributed by atoms with Crippen molar-refractivity contribution in [1.82, 2.24) is 0 Å². The Kier molecular flexibility index (Phi) is 2.52. The highest BCUT2D eigenvalue weighted by Gasteiger charge is 2.07. The van der Waals surface area contributed by atoms with Crippen molar-refractivity contribution >= 4 is 32.8 Å². The number of aromatic hydroxyl groups is 1. The molecule has 0 spiro atoms. The van der Waals surface area contributed by atoms with Gasteiger partial charge in [0.25, 0.3) is 5.24 Å². The van der Waals surface area contributed by atoms with Crippen LogP contribution in [0.25, 0.3) is 0 Å². The van der Waals surface area contributed by atoms with Crippen molar-refractivity contribution in [3.05, 3.63) is 28.2 Å². The van der Waals surface area contributed by atoms with Crippen LogP contribution in [-0.4, -0.2) is 10.3 Å². The first-order valence-electron chi connectivity index (χ1n) is 2.79. The first kappa shape index (κ1) is 8.56. The molecule has 0 aliphatic rings. The molecule has 1 N–H and O–H groups in total. The predicted octanol–water partition coefficient (Wildman–Crippen LogP) is 2.53. The van der Waals surface area contributed by atoms with E-state index in [1.165, 1.54) is 12.1 Å². The van der Waals surface area contributed by atoms with Crippen LogP contribution in [0.1, 0.15) is 10.4 Å². The smallest absolute Gasteiger partial charge is 0.256 e. The van der Waals surface area contributed by atoms with Gasteiger partial charge in [0.15, 0.2) is 0 Å². The van der Waals surface area contributed by atoms with Gasteiger partial charge in [-0.1, -0.05) is 15.9 Å². The zero-order valence-electron chi connectivity index (χ0n) is 5.34. The molecule has 0 saturated carbocycles. The Hall–Kier alpha value is -0.540. The van der Waals surface area contributed by atoms with Crippen LogP contribution in [0.15, 0.2) is 22.7 Å². The summed E-state index contributed by atoms with van der Waals surface area (Å²) in [6, 6.07) is 4.50. The van der Waals surface area contributed by atoms with Crippen molar-refractivity contribution in [2.75, 3.05) is 0 Å². The van der Waals surface area contributed by atoms with Gasteiger partial charge < -0.3 is 5.11 Å². The Morgan fingerprint density at radius 2 is 2.18 bits per heavy atom. The minimum Gasteiger partial charge on any atom is -0.507 e. The molecule has 0 aliphatic carbocycles. The topological polar surface area (TPSA) is 37.3 Å². The summed E-state index contributed by atoms with van der Waals surface area (Å²) >= 11 is 8.28. The summed E-state index contributed by atoms with van der Waals surface area (Å²) in [5.74, 6) is -0.112. The molecule has 0 radical (unpaired) electrons. The largest absolute Gasteiger partial charge is 0.507 e. The molecule has 0 fully saturated rings. The maximum absolute atomic E-state index is 10.6. The van der Waals surface area contributed by atoms with E-state index in [1.54, 1.807) is 6.07 Å². The fraction of sp³-hybridized carbons (Fsp3) is 0.